The minimum Gasteiger partial charge on any atom is -0.480 e. The summed E-state index contributed by atoms with van der Waals surface area (Å²) in [6.07, 6.45) is 3.46. The normalized spacial score (nSPS) is 14.8. The van der Waals surface area contributed by atoms with Gasteiger partial charge in [0, 0.05) is 57.1 Å². The first-order valence-corrected chi connectivity index (χ1v) is 11.6. The maximum Gasteiger partial charge on any atom is 0.326 e. The second-order valence-corrected chi connectivity index (χ2v) is 8.56. The summed E-state index contributed by atoms with van der Waals surface area (Å²) in [5, 5.41) is 12.1. The molecular weight excluding hydrogens is 444 g/mol. The topological polar surface area (TPSA) is 103 Å². The molecule has 1 fully saturated rings. The van der Waals surface area contributed by atoms with Gasteiger partial charge in [0.25, 0.3) is 11.8 Å². The van der Waals surface area contributed by atoms with Crippen molar-refractivity contribution >= 4 is 17.8 Å². The van der Waals surface area contributed by atoms with Crippen LogP contribution in [0.3, 0.4) is 0 Å². The summed E-state index contributed by atoms with van der Waals surface area (Å²) in [5.41, 5.74) is 2.91. The number of piperazine rings is 1. The highest BCUT2D eigenvalue weighted by Crippen LogP contribution is 2.13. The Labute approximate surface area is 204 Å². The Hall–Kier alpha value is -4.04. The van der Waals surface area contributed by atoms with Crippen LogP contribution in [0.1, 0.15) is 31.8 Å². The van der Waals surface area contributed by atoms with Crippen LogP contribution in [0.2, 0.25) is 0 Å². The van der Waals surface area contributed by atoms with Crippen molar-refractivity contribution in [1.82, 2.24) is 20.1 Å². The molecule has 4 rings (SSSR count). The van der Waals surface area contributed by atoms with Gasteiger partial charge in [-0.05, 0) is 35.4 Å². The number of benzene rings is 2. The summed E-state index contributed by atoms with van der Waals surface area (Å²) in [7, 11) is 0. The van der Waals surface area contributed by atoms with Gasteiger partial charge in [-0.25, -0.2) is 4.79 Å². The molecular formula is C27H28N4O4. The molecule has 3 aromatic rings. The summed E-state index contributed by atoms with van der Waals surface area (Å²) in [4.78, 5) is 45.0. The van der Waals surface area contributed by atoms with E-state index in [0.29, 0.717) is 30.8 Å². The van der Waals surface area contributed by atoms with Gasteiger partial charge in [0.2, 0.25) is 0 Å². The molecule has 0 spiro atoms. The second kappa shape index (κ2) is 11.4. The van der Waals surface area contributed by atoms with E-state index in [9.17, 15) is 19.5 Å². The lowest BCUT2D eigenvalue weighted by molar-refractivity contribution is -0.139. The van der Waals surface area contributed by atoms with E-state index in [1.54, 1.807) is 36.7 Å². The van der Waals surface area contributed by atoms with Crippen molar-refractivity contribution in [1.29, 1.82) is 0 Å². The van der Waals surface area contributed by atoms with Gasteiger partial charge in [0.15, 0.2) is 0 Å². The van der Waals surface area contributed by atoms with Crippen molar-refractivity contribution in [2.24, 2.45) is 0 Å². The molecule has 0 radical (unpaired) electrons. The fourth-order valence-electron chi connectivity index (χ4n) is 4.09. The zero-order valence-corrected chi connectivity index (χ0v) is 19.3. The SMILES string of the molecule is O=C(N[C@@H](Cc1ccccc1)C(=O)O)c1ccc(CN2CCN(C(=O)c3cccnc3)CC2)cc1. The van der Waals surface area contributed by atoms with Gasteiger partial charge >= 0.3 is 5.97 Å². The number of hydrogen-bond acceptors (Lipinski definition) is 5. The molecule has 35 heavy (non-hydrogen) atoms. The third-order valence-corrected chi connectivity index (χ3v) is 6.08. The van der Waals surface area contributed by atoms with Crippen molar-refractivity contribution in [2.45, 2.75) is 19.0 Å². The van der Waals surface area contributed by atoms with E-state index in [-0.39, 0.29) is 12.3 Å². The van der Waals surface area contributed by atoms with Gasteiger partial charge in [-0.15, -0.1) is 0 Å². The number of pyridine rings is 1. The Morgan fingerprint density at radius 2 is 1.57 bits per heavy atom. The van der Waals surface area contributed by atoms with Crippen molar-refractivity contribution in [2.75, 3.05) is 26.2 Å². The first kappa shape index (κ1) is 24.1. The monoisotopic (exact) mass is 472 g/mol. The molecule has 2 heterocycles. The van der Waals surface area contributed by atoms with Crippen molar-refractivity contribution in [3.8, 4) is 0 Å². The fourth-order valence-corrected chi connectivity index (χ4v) is 4.09. The molecule has 1 atom stereocenters. The third-order valence-electron chi connectivity index (χ3n) is 6.08. The molecule has 2 N–H and O–H groups in total. The van der Waals surface area contributed by atoms with Gasteiger partial charge in [-0.1, -0.05) is 42.5 Å². The zero-order valence-electron chi connectivity index (χ0n) is 19.3. The molecule has 180 valence electrons. The average molecular weight is 473 g/mol. The number of hydrogen-bond donors (Lipinski definition) is 2. The quantitative estimate of drug-likeness (QED) is 0.522. The Morgan fingerprint density at radius 3 is 2.20 bits per heavy atom. The number of amides is 2. The molecule has 2 amide bonds. The maximum atomic E-state index is 12.6. The summed E-state index contributed by atoms with van der Waals surface area (Å²) >= 11 is 0. The smallest absolute Gasteiger partial charge is 0.326 e. The van der Waals surface area contributed by atoms with Crippen LogP contribution in [0.15, 0.2) is 79.1 Å². The van der Waals surface area contributed by atoms with Crippen LogP contribution in [-0.4, -0.2) is 69.9 Å². The first-order chi connectivity index (χ1) is 17.0. The summed E-state index contributed by atoms with van der Waals surface area (Å²) < 4.78 is 0. The summed E-state index contributed by atoms with van der Waals surface area (Å²) in [5.74, 6) is -1.48. The number of carboxylic acids is 1. The Bertz CT molecular complexity index is 1140. The van der Waals surface area contributed by atoms with Gasteiger partial charge in [0.1, 0.15) is 6.04 Å². The number of nitrogens with zero attached hydrogens (tertiary/aromatic N) is 3. The number of carboxylic acid groups (broad SMARTS) is 1. The predicted octanol–water partition coefficient (Wildman–Crippen LogP) is 2.47. The fraction of sp³-hybridized carbons (Fsp3) is 0.259. The minimum absolute atomic E-state index is 0.0000414. The van der Waals surface area contributed by atoms with Crippen molar-refractivity contribution in [3.63, 3.8) is 0 Å². The number of aliphatic carboxylic acids is 1. The van der Waals surface area contributed by atoms with Crippen molar-refractivity contribution < 1.29 is 19.5 Å². The number of carbonyl (C=O) groups excluding carboxylic acids is 2. The summed E-state index contributed by atoms with van der Waals surface area (Å²) in [6, 6.07) is 19.0. The van der Waals surface area contributed by atoms with Gasteiger partial charge < -0.3 is 15.3 Å². The maximum absolute atomic E-state index is 12.6. The lowest BCUT2D eigenvalue weighted by Gasteiger charge is -2.34. The number of carbonyl (C=O) groups is 3. The van der Waals surface area contributed by atoms with Gasteiger partial charge in [-0.3, -0.25) is 19.5 Å². The van der Waals surface area contributed by atoms with Crippen LogP contribution in [-0.2, 0) is 17.8 Å². The molecule has 1 aliphatic rings. The largest absolute Gasteiger partial charge is 0.480 e. The Balaban J connectivity index is 1.28. The zero-order chi connectivity index (χ0) is 24.6. The third kappa shape index (κ3) is 6.51. The number of nitrogens with one attached hydrogen (secondary N) is 1. The molecule has 8 heteroatoms. The van der Waals surface area contributed by atoms with Gasteiger partial charge in [-0.2, -0.15) is 0 Å². The second-order valence-electron chi connectivity index (χ2n) is 8.56. The highest BCUT2D eigenvalue weighted by molar-refractivity contribution is 5.96. The molecule has 1 aromatic heterocycles. The number of aromatic nitrogens is 1. The Morgan fingerprint density at radius 1 is 0.857 bits per heavy atom. The molecule has 0 unspecified atom stereocenters. The molecule has 8 nitrogen and oxygen atoms in total. The highest BCUT2D eigenvalue weighted by atomic mass is 16.4. The standard InChI is InChI=1S/C27H28N4O4/c32-25(29-24(27(34)35)17-20-5-2-1-3-6-20)22-10-8-21(9-11-22)19-30-13-15-31(16-14-30)26(33)23-7-4-12-28-18-23/h1-12,18,24H,13-17,19H2,(H,29,32)(H,34,35)/t24-/m0/s1. The molecule has 0 saturated carbocycles. The van der Waals surface area contributed by atoms with E-state index in [0.717, 1.165) is 24.2 Å². The molecule has 1 saturated heterocycles. The van der Waals surface area contributed by atoms with Crippen LogP contribution < -0.4 is 5.32 Å². The molecule has 0 aliphatic carbocycles. The van der Waals surface area contributed by atoms with Crippen LogP contribution in [0.25, 0.3) is 0 Å². The minimum atomic E-state index is -1.07. The average Bonchev–Trinajstić information content (AvgIpc) is 2.90. The number of rotatable bonds is 8. The summed E-state index contributed by atoms with van der Waals surface area (Å²) in [6.45, 7) is 3.52. The van der Waals surface area contributed by atoms with Crippen LogP contribution in [0.4, 0.5) is 0 Å². The van der Waals surface area contributed by atoms with Crippen molar-refractivity contribution in [3.05, 3.63) is 101 Å². The molecule has 2 aromatic carbocycles. The van der Waals surface area contributed by atoms with Crippen LogP contribution in [0, 0.1) is 0 Å². The van der Waals surface area contributed by atoms with Gasteiger partial charge in [0.05, 0.1) is 5.56 Å². The lowest BCUT2D eigenvalue weighted by Crippen LogP contribution is -2.48. The first-order valence-electron chi connectivity index (χ1n) is 11.6. The molecule has 0 bridgehead atoms. The van der Waals surface area contributed by atoms with Crippen LogP contribution >= 0.6 is 0 Å². The van der Waals surface area contributed by atoms with E-state index in [4.69, 9.17) is 0 Å². The van der Waals surface area contributed by atoms with E-state index in [2.05, 4.69) is 15.2 Å². The van der Waals surface area contributed by atoms with E-state index >= 15 is 0 Å². The van der Waals surface area contributed by atoms with E-state index in [1.165, 1.54) is 0 Å². The highest BCUT2D eigenvalue weighted by Gasteiger charge is 2.23. The lowest BCUT2D eigenvalue weighted by atomic mass is 10.0. The predicted molar refractivity (Wildman–Crippen MR) is 131 cm³/mol. The van der Waals surface area contributed by atoms with E-state index in [1.807, 2.05) is 47.4 Å². The van der Waals surface area contributed by atoms with E-state index < -0.39 is 17.9 Å². The van der Waals surface area contributed by atoms with Crippen LogP contribution in [0.5, 0.6) is 0 Å². The molecule has 1 aliphatic heterocycles. The Kier molecular flexibility index (Phi) is 7.84.